The molecular formula is C31H31Cl2N3O2. The van der Waals surface area contributed by atoms with Crippen LogP contribution in [-0.4, -0.2) is 35.7 Å². The van der Waals surface area contributed by atoms with Gasteiger partial charge in [0.1, 0.15) is 11.2 Å². The molecule has 0 radical (unpaired) electrons. The van der Waals surface area contributed by atoms with E-state index in [4.69, 9.17) is 32.9 Å². The quantitative estimate of drug-likeness (QED) is 0.206. The number of methoxy groups -OCH3 is 1. The SMILES string of the molecule is COC(=O)C(c1ccc(Cl)cc1)(c1ccc(Cl)cc1)c1ccc2nc(C3CC3)n(CC3CCNCC3)c2c1. The molecule has 1 saturated carbocycles. The lowest BCUT2D eigenvalue weighted by atomic mass is 9.69. The predicted octanol–water partition coefficient (Wildman–Crippen LogP) is 6.73. The Morgan fingerprint density at radius 1 is 0.921 bits per heavy atom. The second-order valence-electron chi connectivity index (χ2n) is 10.5. The minimum absolute atomic E-state index is 0.367. The van der Waals surface area contributed by atoms with Crippen molar-refractivity contribution in [3.63, 3.8) is 0 Å². The lowest BCUT2D eigenvalue weighted by Crippen LogP contribution is -2.39. The molecule has 0 bridgehead atoms. The number of imidazole rings is 1. The number of nitrogens with one attached hydrogen (secondary N) is 1. The number of esters is 1. The number of hydrogen-bond donors (Lipinski definition) is 1. The summed E-state index contributed by atoms with van der Waals surface area (Å²) < 4.78 is 7.95. The highest BCUT2D eigenvalue weighted by Gasteiger charge is 2.45. The van der Waals surface area contributed by atoms with E-state index < -0.39 is 5.41 Å². The Hall–Kier alpha value is -2.86. The second-order valence-corrected chi connectivity index (χ2v) is 11.4. The lowest BCUT2D eigenvalue weighted by molar-refractivity contribution is -0.144. The van der Waals surface area contributed by atoms with Gasteiger partial charge in [0.2, 0.25) is 0 Å². The van der Waals surface area contributed by atoms with E-state index in [1.165, 1.54) is 25.8 Å². The molecule has 2 heterocycles. The zero-order valence-corrected chi connectivity index (χ0v) is 22.9. The number of halogens is 2. The first-order valence-electron chi connectivity index (χ1n) is 13.3. The van der Waals surface area contributed by atoms with Gasteiger partial charge in [0, 0.05) is 22.5 Å². The highest BCUT2D eigenvalue weighted by atomic mass is 35.5. The van der Waals surface area contributed by atoms with E-state index >= 15 is 0 Å². The first kappa shape index (κ1) is 25.4. The van der Waals surface area contributed by atoms with Crippen LogP contribution in [0.4, 0.5) is 0 Å². The summed E-state index contributed by atoms with van der Waals surface area (Å²) in [5.74, 6) is 1.93. The van der Waals surface area contributed by atoms with E-state index in [1.807, 2.05) is 54.6 Å². The lowest BCUT2D eigenvalue weighted by Gasteiger charge is -2.33. The minimum Gasteiger partial charge on any atom is -0.468 e. The summed E-state index contributed by atoms with van der Waals surface area (Å²) in [5, 5.41) is 4.69. The van der Waals surface area contributed by atoms with Gasteiger partial charge in [-0.25, -0.2) is 4.98 Å². The number of carbonyl (C=O) groups is 1. The van der Waals surface area contributed by atoms with Gasteiger partial charge >= 0.3 is 5.97 Å². The summed E-state index contributed by atoms with van der Waals surface area (Å²) in [6.07, 6.45) is 4.68. The van der Waals surface area contributed by atoms with Gasteiger partial charge in [-0.2, -0.15) is 0 Å². The van der Waals surface area contributed by atoms with Crippen LogP contribution in [-0.2, 0) is 21.5 Å². The van der Waals surface area contributed by atoms with Crippen molar-refractivity contribution in [3.05, 3.63) is 99.3 Å². The maximum Gasteiger partial charge on any atom is 0.325 e. The van der Waals surface area contributed by atoms with Crippen molar-refractivity contribution in [2.75, 3.05) is 20.2 Å². The number of piperidine rings is 1. The van der Waals surface area contributed by atoms with Crippen molar-refractivity contribution >= 4 is 40.2 Å². The Bertz CT molecular complexity index is 1410. The van der Waals surface area contributed by atoms with E-state index in [0.717, 1.165) is 60.2 Å². The summed E-state index contributed by atoms with van der Waals surface area (Å²) in [7, 11) is 1.44. The summed E-state index contributed by atoms with van der Waals surface area (Å²) in [5.41, 5.74) is 3.22. The fraction of sp³-hybridized carbons (Fsp3) is 0.355. The van der Waals surface area contributed by atoms with E-state index in [1.54, 1.807) is 0 Å². The molecule has 5 nitrogen and oxygen atoms in total. The maximum atomic E-state index is 13.9. The van der Waals surface area contributed by atoms with Crippen LogP contribution >= 0.6 is 23.2 Å². The molecular weight excluding hydrogens is 517 g/mol. The molecule has 1 N–H and O–H groups in total. The van der Waals surface area contributed by atoms with Gasteiger partial charge in [-0.15, -0.1) is 0 Å². The highest BCUT2D eigenvalue weighted by molar-refractivity contribution is 6.30. The zero-order valence-electron chi connectivity index (χ0n) is 21.4. The number of hydrogen-bond acceptors (Lipinski definition) is 4. The van der Waals surface area contributed by atoms with Crippen molar-refractivity contribution in [3.8, 4) is 0 Å². The number of carbonyl (C=O) groups excluding carboxylic acids is 1. The molecule has 4 aromatic rings. The predicted molar refractivity (Wildman–Crippen MR) is 152 cm³/mol. The van der Waals surface area contributed by atoms with Crippen LogP contribution in [0.15, 0.2) is 66.7 Å². The molecule has 0 amide bonds. The number of nitrogens with zero attached hydrogens (tertiary/aromatic N) is 2. The Morgan fingerprint density at radius 2 is 1.50 bits per heavy atom. The molecule has 1 aliphatic heterocycles. The number of fused-ring (bicyclic) bond motifs is 1. The number of ether oxygens (including phenoxy) is 1. The molecule has 6 rings (SSSR count). The van der Waals surface area contributed by atoms with Crippen LogP contribution in [0.2, 0.25) is 10.0 Å². The third-order valence-electron chi connectivity index (χ3n) is 8.10. The van der Waals surface area contributed by atoms with Crippen LogP contribution in [0, 0.1) is 5.92 Å². The van der Waals surface area contributed by atoms with Gasteiger partial charge in [-0.1, -0.05) is 53.5 Å². The molecule has 0 spiro atoms. The van der Waals surface area contributed by atoms with Crippen LogP contribution in [0.3, 0.4) is 0 Å². The van der Waals surface area contributed by atoms with Gasteiger partial charge in [0.05, 0.1) is 18.1 Å². The Morgan fingerprint density at radius 3 is 2.05 bits per heavy atom. The smallest absolute Gasteiger partial charge is 0.325 e. The number of aromatic nitrogens is 2. The van der Waals surface area contributed by atoms with E-state index in [9.17, 15) is 4.79 Å². The Labute approximate surface area is 233 Å². The normalized spacial score (nSPS) is 16.6. The molecule has 38 heavy (non-hydrogen) atoms. The average molecular weight is 549 g/mol. The molecule has 3 aromatic carbocycles. The van der Waals surface area contributed by atoms with Crippen molar-refractivity contribution in [1.29, 1.82) is 0 Å². The molecule has 1 saturated heterocycles. The maximum absolute atomic E-state index is 13.9. The van der Waals surface area contributed by atoms with Gasteiger partial charge in [-0.3, -0.25) is 4.79 Å². The third-order valence-corrected chi connectivity index (χ3v) is 8.60. The van der Waals surface area contributed by atoms with Crippen LogP contribution < -0.4 is 5.32 Å². The first-order valence-corrected chi connectivity index (χ1v) is 14.1. The van der Waals surface area contributed by atoms with Gasteiger partial charge in [0.25, 0.3) is 0 Å². The van der Waals surface area contributed by atoms with Crippen molar-refractivity contribution in [2.24, 2.45) is 5.92 Å². The minimum atomic E-state index is -1.21. The standard InChI is InChI=1S/C31H31Cl2N3O2/c1-38-30(37)31(22-4-9-25(32)10-5-22,23-6-11-26(33)12-7-23)24-8-13-27-28(18-24)36(29(35-27)21-2-3-21)19-20-14-16-34-17-15-20/h4-13,18,20-21,34H,2-3,14-17,19H2,1H3. The molecule has 1 aliphatic carbocycles. The molecule has 7 heteroatoms. The van der Waals surface area contributed by atoms with Crippen LogP contribution in [0.1, 0.15) is 54.1 Å². The molecule has 1 aromatic heterocycles. The molecule has 2 aliphatic rings. The molecule has 0 unspecified atom stereocenters. The van der Waals surface area contributed by atoms with E-state index in [-0.39, 0.29) is 5.97 Å². The number of rotatable bonds is 7. The van der Waals surface area contributed by atoms with E-state index in [2.05, 4.69) is 22.0 Å². The summed E-state index contributed by atoms with van der Waals surface area (Å²) in [6, 6.07) is 21.1. The molecule has 0 atom stereocenters. The van der Waals surface area contributed by atoms with Gasteiger partial charge in [-0.05, 0) is 97.8 Å². The van der Waals surface area contributed by atoms with Crippen LogP contribution in [0.5, 0.6) is 0 Å². The van der Waals surface area contributed by atoms with Gasteiger partial charge in [0.15, 0.2) is 0 Å². The molecule has 2 fully saturated rings. The first-order chi connectivity index (χ1) is 18.5. The van der Waals surface area contributed by atoms with Crippen molar-refractivity contribution < 1.29 is 9.53 Å². The van der Waals surface area contributed by atoms with E-state index in [0.29, 0.717) is 21.9 Å². The fourth-order valence-electron chi connectivity index (χ4n) is 5.95. The van der Waals surface area contributed by atoms with Gasteiger partial charge < -0.3 is 14.6 Å². The fourth-order valence-corrected chi connectivity index (χ4v) is 6.20. The second kappa shape index (κ2) is 10.4. The van der Waals surface area contributed by atoms with Crippen LogP contribution in [0.25, 0.3) is 11.0 Å². The molecule has 196 valence electrons. The topological polar surface area (TPSA) is 56.1 Å². The third kappa shape index (κ3) is 4.51. The monoisotopic (exact) mass is 547 g/mol. The Kier molecular flexibility index (Phi) is 6.93. The Balaban J connectivity index is 1.58. The van der Waals surface area contributed by atoms with Crippen molar-refractivity contribution in [1.82, 2.24) is 14.9 Å². The largest absolute Gasteiger partial charge is 0.468 e. The number of benzene rings is 3. The van der Waals surface area contributed by atoms with Crippen molar-refractivity contribution in [2.45, 2.75) is 43.6 Å². The average Bonchev–Trinajstić information content (AvgIpc) is 3.73. The summed E-state index contributed by atoms with van der Waals surface area (Å²) >= 11 is 12.5. The highest BCUT2D eigenvalue weighted by Crippen LogP contribution is 2.44. The zero-order chi connectivity index (χ0) is 26.3. The summed E-state index contributed by atoms with van der Waals surface area (Å²) in [6.45, 7) is 3.06. The summed E-state index contributed by atoms with van der Waals surface area (Å²) in [4.78, 5) is 19.0.